The standard InChI is InChI=1S/C25H30N2O3/c28-24(29)14-18-6-8-21(9-7-18)27-12-10-25(11-13-27)16-20(17-30-25)26-23-15-22(23)19-4-2-1-3-5-19/h1-9,20,22-23,26H,10-17H2,(H,28,29)/t20?,22-,23+/m0/s1. The van der Waals surface area contributed by atoms with Gasteiger partial charge in [0.1, 0.15) is 0 Å². The molecule has 5 nitrogen and oxygen atoms in total. The van der Waals surface area contributed by atoms with Crippen molar-refractivity contribution in [1.29, 1.82) is 0 Å². The molecule has 2 aromatic carbocycles. The first-order chi connectivity index (χ1) is 14.6. The highest BCUT2D eigenvalue weighted by Gasteiger charge is 2.46. The van der Waals surface area contributed by atoms with E-state index in [0.717, 1.165) is 44.5 Å². The fraction of sp³-hybridized carbons (Fsp3) is 0.480. The van der Waals surface area contributed by atoms with Gasteiger partial charge in [0.2, 0.25) is 0 Å². The number of carbonyl (C=O) groups is 1. The van der Waals surface area contributed by atoms with Crippen LogP contribution in [0, 0.1) is 0 Å². The van der Waals surface area contributed by atoms with Crippen LogP contribution in [0.25, 0.3) is 0 Å². The predicted molar refractivity (Wildman–Crippen MR) is 117 cm³/mol. The number of nitrogens with one attached hydrogen (secondary N) is 1. The Morgan fingerprint density at radius 2 is 1.83 bits per heavy atom. The smallest absolute Gasteiger partial charge is 0.307 e. The van der Waals surface area contributed by atoms with Crippen LogP contribution in [0.2, 0.25) is 0 Å². The van der Waals surface area contributed by atoms with E-state index in [-0.39, 0.29) is 12.0 Å². The van der Waals surface area contributed by atoms with Crippen molar-refractivity contribution < 1.29 is 14.6 Å². The molecule has 1 aliphatic carbocycles. The van der Waals surface area contributed by atoms with E-state index in [1.165, 1.54) is 17.7 Å². The van der Waals surface area contributed by atoms with Crippen molar-refractivity contribution in [2.75, 3.05) is 24.6 Å². The zero-order chi connectivity index (χ0) is 20.6. The third-order valence-electron chi connectivity index (χ3n) is 7.01. The molecule has 2 N–H and O–H groups in total. The minimum absolute atomic E-state index is 0.0224. The van der Waals surface area contributed by atoms with E-state index in [9.17, 15) is 4.79 Å². The topological polar surface area (TPSA) is 61.8 Å². The highest BCUT2D eigenvalue weighted by molar-refractivity contribution is 5.70. The van der Waals surface area contributed by atoms with Gasteiger partial charge in [0.05, 0.1) is 18.6 Å². The maximum atomic E-state index is 10.9. The summed E-state index contributed by atoms with van der Waals surface area (Å²) < 4.78 is 6.36. The van der Waals surface area contributed by atoms with Crippen LogP contribution in [0.4, 0.5) is 5.69 Å². The summed E-state index contributed by atoms with van der Waals surface area (Å²) in [5.41, 5.74) is 3.50. The lowest BCUT2D eigenvalue weighted by molar-refractivity contribution is -0.136. The lowest BCUT2D eigenvalue weighted by Crippen LogP contribution is -2.45. The van der Waals surface area contributed by atoms with Crippen LogP contribution in [-0.2, 0) is 16.0 Å². The average molecular weight is 407 g/mol. The van der Waals surface area contributed by atoms with E-state index in [0.29, 0.717) is 18.0 Å². The third-order valence-corrected chi connectivity index (χ3v) is 7.01. The number of anilines is 1. The van der Waals surface area contributed by atoms with Gasteiger partial charge in [-0.05, 0) is 48.9 Å². The number of carboxylic acid groups (broad SMARTS) is 1. The number of hydrogen-bond acceptors (Lipinski definition) is 4. The molecule has 30 heavy (non-hydrogen) atoms. The summed E-state index contributed by atoms with van der Waals surface area (Å²) in [5, 5.41) is 12.8. The number of nitrogens with zero attached hydrogens (tertiary/aromatic N) is 1. The number of rotatable bonds is 6. The second kappa shape index (κ2) is 8.05. The normalized spacial score (nSPS) is 27.3. The summed E-state index contributed by atoms with van der Waals surface area (Å²) >= 11 is 0. The van der Waals surface area contributed by atoms with Gasteiger partial charge in [-0.25, -0.2) is 0 Å². The van der Waals surface area contributed by atoms with Gasteiger partial charge >= 0.3 is 5.97 Å². The Balaban J connectivity index is 1.11. The SMILES string of the molecule is O=C(O)Cc1ccc(N2CCC3(CC2)CC(N[C@@H]2C[C@H]2c2ccccc2)CO3)cc1. The van der Waals surface area contributed by atoms with Gasteiger partial charge in [-0.3, -0.25) is 4.79 Å². The molecule has 3 aliphatic rings. The van der Waals surface area contributed by atoms with Gasteiger partial charge in [0.25, 0.3) is 0 Å². The lowest BCUT2D eigenvalue weighted by Gasteiger charge is -2.39. The second-order valence-electron chi connectivity index (χ2n) is 9.15. The second-order valence-corrected chi connectivity index (χ2v) is 9.15. The average Bonchev–Trinajstić information content (AvgIpc) is 3.42. The van der Waals surface area contributed by atoms with E-state index in [1.54, 1.807) is 0 Å². The Hall–Kier alpha value is -2.37. The fourth-order valence-electron chi connectivity index (χ4n) is 5.22. The minimum Gasteiger partial charge on any atom is -0.481 e. The van der Waals surface area contributed by atoms with Crippen LogP contribution in [-0.4, -0.2) is 48.5 Å². The lowest BCUT2D eigenvalue weighted by atomic mass is 9.87. The summed E-state index contributed by atoms with van der Waals surface area (Å²) in [6, 6.07) is 19.8. The number of carboxylic acids is 1. The minimum atomic E-state index is -0.787. The number of piperidine rings is 1. The van der Waals surface area contributed by atoms with Crippen molar-refractivity contribution in [2.24, 2.45) is 0 Å². The van der Waals surface area contributed by atoms with E-state index in [4.69, 9.17) is 9.84 Å². The first kappa shape index (κ1) is 19.6. The Morgan fingerprint density at radius 3 is 2.53 bits per heavy atom. The first-order valence-electron chi connectivity index (χ1n) is 11.1. The number of hydrogen-bond donors (Lipinski definition) is 2. The fourth-order valence-corrected chi connectivity index (χ4v) is 5.22. The molecule has 0 amide bonds. The van der Waals surface area contributed by atoms with E-state index >= 15 is 0 Å². The van der Waals surface area contributed by atoms with Gasteiger partial charge in [-0.15, -0.1) is 0 Å². The molecular weight excluding hydrogens is 376 g/mol. The molecule has 2 aromatic rings. The molecule has 2 heterocycles. The molecule has 3 atom stereocenters. The summed E-state index contributed by atoms with van der Waals surface area (Å²) in [5.74, 6) is -0.126. The van der Waals surface area contributed by atoms with Crippen molar-refractivity contribution in [1.82, 2.24) is 5.32 Å². The van der Waals surface area contributed by atoms with Crippen molar-refractivity contribution in [3.05, 3.63) is 65.7 Å². The summed E-state index contributed by atoms with van der Waals surface area (Å²) in [6.07, 6.45) is 4.52. The van der Waals surface area contributed by atoms with Gasteiger partial charge in [-0.2, -0.15) is 0 Å². The van der Waals surface area contributed by atoms with Crippen molar-refractivity contribution in [3.8, 4) is 0 Å². The first-order valence-corrected chi connectivity index (χ1v) is 11.1. The quantitative estimate of drug-likeness (QED) is 0.768. The predicted octanol–water partition coefficient (Wildman–Crippen LogP) is 3.59. The molecule has 1 spiro atoms. The zero-order valence-corrected chi connectivity index (χ0v) is 17.3. The Kier molecular flexibility index (Phi) is 5.25. The van der Waals surface area contributed by atoms with Crippen molar-refractivity contribution in [2.45, 2.75) is 55.7 Å². The molecule has 158 valence electrons. The Bertz CT molecular complexity index is 875. The Morgan fingerprint density at radius 1 is 1.10 bits per heavy atom. The van der Waals surface area contributed by atoms with Gasteiger partial charge in [0.15, 0.2) is 0 Å². The molecule has 3 fully saturated rings. The highest BCUT2D eigenvalue weighted by atomic mass is 16.5. The largest absolute Gasteiger partial charge is 0.481 e. The molecular formula is C25H30N2O3. The number of aliphatic carboxylic acids is 1. The molecule has 0 aromatic heterocycles. The van der Waals surface area contributed by atoms with Crippen molar-refractivity contribution in [3.63, 3.8) is 0 Å². The summed E-state index contributed by atoms with van der Waals surface area (Å²) in [6.45, 7) is 2.80. The van der Waals surface area contributed by atoms with Crippen LogP contribution in [0.1, 0.15) is 42.7 Å². The van der Waals surface area contributed by atoms with Crippen molar-refractivity contribution >= 4 is 11.7 Å². The maximum Gasteiger partial charge on any atom is 0.307 e. The van der Waals surface area contributed by atoms with Gasteiger partial charge in [0, 0.05) is 36.8 Å². The van der Waals surface area contributed by atoms with E-state index in [2.05, 4.69) is 40.5 Å². The molecule has 5 heteroatoms. The monoisotopic (exact) mass is 406 g/mol. The van der Waals surface area contributed by atoms with Crippen LogP contribution in [0.15, 0.2) is 54.6 Å². The van der Waals surface area contributed by atoms with Crippen LogP contribution >= 0.6 is 0 Å². The van der Waals surface area contributed by atoms with Crippen LogP contribution in [0.3, 0.4) is 0 Å². The van der Waals surface area contributed by atoms with Gasteiger partial charge < -0.3 is 20.1 Å². The van der Waals surface area contributed by atoms with Crippen LogP contribution < -0.4 is 10.2 Å². The zero-order valence-electron chi connectivity index (χ0n) is 17.3. The summed E-state index contributed by atoms with van der Waals surface area (Å²) in [7, 11) is 0. The van der Waals surface area contributed by atoms with Gasteiger partial charge in [-0.1, -0.05) is 42.5 Å². The molecule has 0 radical (unpaired) electrons. The molecule has 1 saturated carbocycles. The molecule has 2 aliphatic heterocycles. The van der Waals surface area contributed by atoms with E-state index in [1.807, 2.05) is 24.3 Å². The maximum absolute atomic E-state index is 10.9. The summed E-state index contributed by atoms with van der Waals surface area (Å²) in [4.78, 5) is 13.3. The number of benzene rings is 2. The van der Waals surface area contributed by atoms with E-state index < -0.39 is 5.97 Å². The molecule has 1 unspecified atom stereocenters. The number of ether oxygens (including phenoxy) is 1. The molecule has 2 saturated heterocycles. The Labute approximate surface area is 178 Å². The van der Waals surface area contributed by atoms with Crippen LogP contribution in [0.5, 0.6) is 0 Å². The highest BCUT2D eigenvalue weighted by Crippen LogP contribution is 2.43. The molecule has 0 bridgehead atoms. The third kappa shape index (κ3) is 4.23. The molecule has 5 rings (SSSR count).